The van der Waals surface area contributed by atoms with Gasteiger partial charge in [0, 0.05) is 26.1 Å². The fraction of sp³-hybridized carbons (Fsp3) is 0.917. The van der Waals surface area contributed by atoms with Gasteiger partial charge in [0.05, 0.1) is 0 Å². The molecular formula is C12H25ClN2O. The van der Waals surface area contributed by atoms with Gasteiger partial charge in [-0.15, -0.1) is 12.4 Å². The van der Waals surface area contributed by atoms with Crippen molar-refractivity contribution in [2.24, 2.45) is 17.6 Å². The highest BCUT2D eigenvalue weighted by molar-refractivity contribution is 5.85. The Hall–Kier alpha value is -0.280. The third kappa shape index (κ3) is 4.71. The summed E-state index contributed by atoms with van der Waals surface area (Å²) in [6, 6.07) is 0. The lowest BCUT2D eigenvalue weighted by atomic mass is 9.89. The van der Waals surface area contributed by atoms with Gasteiger partial charge in [0.25, 0.3) is 0 Å². The number of carbonyl (C=O) groups excluding carboxylic acids is 1. The van der Waals surface area contributed by atoms with Crippen LogP contribution in [-0.2, 0) is 4.79 Å². The Bertz CT molecular complexity index is 205. The van der Waals surface area contributed by atoms with Crippen molar-refractivity contribution in [3.05, 3.63) is 0 Å². The zero-order valence-electron chi connectivity index (χ0n) is 10.4. The number of halogens is 1. The Labute approximate surface area is 105 Å². The van der Waals surface area contributed by atoms with E-state index >= 15 is 0 Å². The molecule has 16 heavy (non-hydrogen) atoms. The van der Waals surface area contributed by atoms with Crippen molar-refractivity contribution in [1.82, 2.24) is 4.90 Å². The van der Waals surface area contributed by atoms with Crippen LogP contribution in [0.15, 0.2) is 0 Å². The van der Waals surface area contributed by atoms with E-state index in [0.29, 0.717) is 6.54 Å². The van der Waals surface area contributed by atoms with Gasteiger partial charge in [-0.3, -0.25) is 4.79 Å². The second-order valence-corrected chi connectivity index (χ2v) is 4.86. The lowest BCUT2D eigenvalue weighted by molar-refractivity contribution is -0.134. The second kappa shape index (κ2) is 7.91. The first-order chi connectivity index (χ1) is 7.15. The number of hydrogen-bond acceptors (Lipinski definition) is 2. The number of amides is 1. The lowest BCUT2D eigenvalue weighted by Crippen LogP contribution is -2.38. The molecule has 0 aromatic rings. The minimum absolute atomic E-state index is 0. The molecule has 0 radical (unpaired) electrons. The van der Waals surface area contributed by atoms with Gasteiger partial charge < -0.3 is 10.6 Å². The molecule has 0 heterocycles. The Morgan fingerprint density at radius 3 is 2.44 bits per heavy atom. The molecule has 1 amide bonds. The van der Waals surface area contributed by atoms with Gasteiger partial charge in [0.1, 0.15) is 0 Å². The van der Waals surface area contributed by atoms with Crippen LogP contribution in [-0.4, -0.2) is 30.9 Å². The van der Waals surface area contributed by atoms with Crippen molar-refractivity contribution in [3.63, 3.8) is 0 Å². The van der Waals surface area contributed by atoms with E-state index in [9.17, 15) is 4.79 Å². The van der Waals surface area contributed by atoms with Crippen molar-refractivity contribution in [1.29, 1.82) is 0 Å². The summed E-state index contributed by atoms with van der Waals surface area (Å²) in [5, 5.41) is 0. The third-order valence-electron chi connectivity index (χ3n) is 3.41. The molecule has 1 saturated carbocycles. The van der Waals surface area contributed by atoms with Gasteiger partial charge in [-0.2, -0.15) is 0 Å². The Morgan fingerprint density at radius 1 is 1.38 bits per heavy atom. The zero-order chi connectivity index (χ0) is 11.3. The van der Waals surface area contributed by atoms with Gasteiger partial charge in [0.2, 0.25) is 5.91 Å². The number of rotatable bonds is 4. The predicted octanol–water partition coefficient (Wildman–Crippen LogP) is 2.04. The molecule has 0 bridgehead atoms. The standard InChI is InChI=1S/C12H24N2O.ClH/c1-10(8-13)12(15)14(2)9-11-6-4-3-5-7-11;/h10-11H,3-9,13H2,1-2H3;1H. The Morgan fingerprint density at radius 2 is 1.94 bits per heavy atom. The van der Waals surface area contributed by atoms with Gasteiger partial charge in [-0.05, 0) is 18.8 Å². The molecule has 0 saturated heterocycles. The summed E-state index contributed by atoms with van der Waals surface area (Å²) < 4.78 is 0. The molecule has 0 aliphatic heterocycles. The highest BCUT2D eigenvalue weighted by Crippen LogP contribution is 2.24. The molecular weight excluding hydrogens is 224 g/mol. The number of nitrogens with two attached hydrogens (primary N) is 1. The van der Waals surface area contributed by atoms with E-state index < -0.39 is 0 Å². The van der Waals surface area contributed by atoms with E-state index in [-0.39, 0.29) is 24.2 Å². The van der Waals surface area contributed by atoms with Crippen molar-refractivity contribution >= 4 is 18.3 Å². The van der Waals surface area contributed by atoms with E-state index in [2.05, 4.69) is 0 Å². The molecule has 2 N–H and O–H groups in total. The molecule has 1 aliphatic rings. The molecule has 96 valence electrons. The van der Waals surface area contributed by atoms with E-state index in [4.69, 9.17) is 5.73 Å². The SMILES string of the molecule is CC(CN)C(=O)N(C)CC1CCCCC1.Cl. The normalized spacial score (nSPS) is 18.7. The highest BCUT2D eigenvalue weighted by Gasteiger charge is 2.20. The van der Waals surface area contributed by atoms with Crippen LogP contribution in [0.4, 0.5) is 0 Å². The molecule has 0 aromatic carbocycles. The highest BCUT2D eigenvalue weighted by atomic mass is 35.5. The van der Waals surface area contributed by atoms with Crippen molar-refractivity contribution in [3.8, 4) is 0 Å². The van der Waals surface area contributed by atoms with Crippen molar-refractivity contribution < 1.29 is 4.79 Å². The second-order valence-electron chi connectivity index (χ2n) is 4.86. The minimum Gasteiger partial charge on any atom is -0.345 e. The first kappa shape index (κ1) is 15.7. The van der Waals surface area contributed by atoms with Gasteiger partial charge in [0.15, 0.2) is 0 Å². The maximum absolute atomic E-state index is 11.8. The first-order valence-corrected chi connectivity index (χ1v) is 6.10. The summed E-state index contributed by atoms with van der Waals surface area (Å²) in [4.78, 5) is 13.7. The van der Waals surface area contributed by atoms with Crippen molar-refractivity contribution in [2.75, 3.05) is 20.1 Å². The van der Waals surface area contributed by atoms with Crippen LogP contribution in [0.5, 0.6) is 0 Å². The molecule has 1 atom stereocenters. The van der Waals surface area contributed by atoms with Crippen LogP contribution in [0.25, 0.3) is 0 Å². The zero-order valence-corrected chi connectivity index (χ0v) is 11.3. The average molecular weight is 249 g/mol. The molecule has 3 nitrogen and oxygen atoms in total. The monoisotopic (exact) mass is 248 g/mol. The van der Waals surface area contributed by atoms with Gasteiger partial charge >= 0.3 is 0 Å². The lowest BCUT2D eigenvalue weighted by Gasteiger charge is -2.28. The molecule has 1 fully saturated rings. The fourth-order valence-electron chi connectivity index (χ4n) is 2.32. The molecule has 1 unspecified atom stereocenters. The minimum atomic E-state index is -0.0291. The Balaban J connectivity index is 0.00000225. The molecule has 0 aromatic heterocycles. The van der Waals surface area contributed by atoms with E-state index in [0.717, 1.165) is 12.5 Å². The maximum Gasteiger partial charge on any atom is 0.226 e. The maximum atomic E-state index is 11.8. The summed E-state index contributed by atoms with van der Waals surface area (Å²) in [5.41, 5.74) is 5.50. The molecule has 1 rings (SSSR count). The van der Waals surface area contributed by atoms with E-state index in [1.165, 1.54) is 32.1 Å². The summed E-state index contributed by atoms with van der Waals surface area (Å²) in [7, 11) is 1.91. The number of hydrogen-bond donors (Lipinski definition) is 1. The first-order valence-electron chi connectivity index (χ1n) is 6.10. The molecule has 4 heteroatoms. The van der Waals surface area contributed by atoms with Crippen LogP contribution in [0.1, 0.15) is 39.0 Å². The number of carbonyl (C=O) groups is 1. The smallest absolute Gasteiger partial charge is 0.226 e. The molecule has 1 aliphatic carbocycles. The molecule has 0 spiro atoms. The average Bonchev–Trinajstić information content (AvgIpc) is 2.28. The van der Waals surface area contributed by atoms with Crippen LogP contribution >= 0.6 is 12.4 Å². The summed E-state index contributed by atoms with van der Waals surface area (Å²) in [6.45, 7) is 3.27. The van der Waals surface area contributed by atoms with Crippen molar-refractivity contribution in [2.45, 2.75) is 39.0 Å². The van der Waals surface area contributed by atoms with Crippen LogP contribution < -0.4 is 5.73 Å². The predicted molar refractivity (Wildman–Crippen MR) is 69.7 cm³/mol. The van der Waals surface area contributed by atoms with Crippen LogP contribution in [0.3, 0.4) is 0 Å². The fourth-order valence-corrected chi connectivity index (χ4v) is 2.32. The summed E-state index contributed by atoms with van der Waals surface area (Å²) in [5.74, 6) is 0.888. The van der Waals surface area contributed by atoms with Gasteiger partial charge in [-0.1, -0.05) is 26.2 Å². The Kier molecular flexibility index (Phi) is 7.77. The van der Waals surface area contributed by atoms with E-state index in [1.807, 2.05) is 18.9 Å². The summed E-state index contributed by atoms with van der Waals surface area (Å²) >= 11 is 0. The topological polar surface area (TPSA) is 46.3 Å². The number of nitrogens with zero attached hydrogens (tertiary/aromatic N) is 1. The largest absolute Gasteiger partial charge is 0.345 e. The third-order valence-corrected chi connectivity index (χ3v) is 3.41. The van der Waals surface area contributed by atoms with Crippen LogP contribution in [0, 0.1) is 11.8 Å². The van der Waals surface area contributed by atoms with Crippen LogP contribution in [0.2, 0.25) is 0 Å². The summed E-state index contributed by atoms with van der Waals surface area (Å²) in [6.07, 6.45) is 6.61. The van der Waals surface area contributed by atoms with Gasteiger partial charge in [-0.25, -0.2) is 0 Å². The quantitative estimate of drug-likeness (QED) is 0.828. The van der Waals surface area contributed by atoms with E-state index in [1.54, 1.807) is 0 Å².